The fourth-order valence-electron chi connectivity index (χ4n) is 4.49. The molecule has 3 aliphatic rings. The Bertz CT molecular complexity index is 1150. The highest BCUT2D eigenvalue weighted by Crippen LogP contribution is 2.41. The van der Waals surface area contributed by atoms with Crippen LogP contribution in [0.4, 0.5) is 0 Å². The molecule has 0 aromatic carbocycles. The van der Waals surface area contributed by atoms with Gasteiger partial charge < -0.3 is 33.5 Å². The van der Waals surface area contributed by atoms with Gasteiger partial charge in [-0.3, -0.25) is 9.59 Å². The Labute approximate surface area is 232 Å². The van der Waals surface area contributed by atoms with Crippen molar-refractivity contribution in [3.63, 3.8) is 0 Å². The fourth-order valence-corrected chi connectivity index (χ4v) is 4.49. The molecule has 220 valence electrons. The third-order valence-electron chi connectivity index (χ3n) is 7.44. The largest absolute Gasteiger partial charge is 0.466 e. The maximum atomic E-state index is 13.5. The Morgan fingerprint density at radius 1 is 1.15 bits per heavy atom. The van der Waals surface area contributed by atoms with Gasteiger partial charge in [0, 0.05) is 12.5 Å². The number of epoxide rings is 1. The zero-order valence-corrected chi connectivity index (χ0v) is 23.6. The standard InChI is InChI=1S/C28H36O12/c1-9-12(2)24(30)39-22-17(26(32)35-8)11-19-21(37-19)13(3)10-18-20(14(4)25(31)38-18)23(22)40-27(33)28(7,34)15(5)36-16(6)29/h10-12,15,18-23,34H,4,9H2,1-3,5-8H3/b13-10?,17-11+/t12?,15-,18+,19+,20-,21-,22?,23-,28+/m0/s1. The van der Waals surface area contributed by atoms with Crippen LogP contribution in [0.15, 0.2) is 35.5 Å². The first-order valence-electron chi connectivity index (χ1n) is 13.0. The topological polar surface area (TPSA) is 164 Å². The summed E-state index contributed by atoms with van der Waals surface area (Å²) in [5.41, 5.74) is -2.00. The van der Waals surface area contributed by atoms with E-state index in [0.29, 0.717) is 12.0 Å². The van der Waals surface area contributed by atoms with E-state index in [1.54, 1.807) is 26.8 Å². The first-order chi connectivity index (χ1) is 18.6. The van der Waals surface area contributed by atoms with Crippen LogP contribution in [0.3, 0.4) is 0 Å². The SMILES string of the molecule is C=C1C(=O)O[C@@H]2C=C(C)[C@@H]3O[C@@H]3/C=C(/C(=O)OC)C(OC(=O)C(C)CC)[C@@H](OC(=O)[C@](C)(O)[C@H](C)OC(C)=O)[C@@H]12. The third-order valence-corrected chi connectivity index (χ3v) is 7.44. The lowest BCUT2D eigenvalue weighted by Gasteiger charge is -2.36. The molecule has 40 heavy (non-hydrogen) atoms. The van der Waals surface area contributed by atoms with Gasteiger partial charge in [0.1, 0.15) is 24.4 Å². The lowest BCUT2D eigenvalue weighted by atomic mass is 9.83. The van der Waals surface area contributed by atoms with E-state index < -0.39 is 83.9 Å². The minimum absolute atomic E-state index is 0.109. The summed E-state index contributed by atoms with van der Waals surface area (Å²) in [6, 6.07) is 0. The number of hydrogen-bond acceptors (Lipinski definition) is 12. The second kappa shape index (κ2) is 11.9. The maximum Gasteiger partial charge on any atom is 0.342 e. The summed E-state index contributed by atoms with van der Waals surface area (Å²) in [6.45, 7) is 12.4. The zero-order valence-electron chi connectivity index (χ0n) is 23.6. The summed E-state index contributed by atoms with van der Waals surface area (Å²) in [4.78, 5) is 63.8. The van der Waals surface area contributed by atoms with Gasteiger partial charge in [-0.25, -0.2) is 14.4 Å². The summed E-state index contributed by atoms with van der Waals surface area (Å²) < 4.78 is 32.8. The first kappa shape index (κ1) is 31.0. The fraction of sp³-hybridized carbons (Fsp3) is 0.607. The van der Waals surface area contributed by atoms with Crippen LogP contribution in [0.1, 0.15) is 48.0 Å². The van der Waals surface area contributed by atoms with Gasteiger partial charge in [0.2, 0.25) is 0 Å². The highest BCUT2D eigenvalue weighted by molar-refractivity contribution is 5.93. The summed E-state index contributed by atoms with van der Waals surface area (Å²) in [5, 5.41) is 11.0. The Kier molecular flexibility index (Phi) is 9.25. The molecule has 1 aliphatic carbocycles. The van der Waals surface area contributed by atoms with Crippen LogP contribution in [0.25, 0.3) is 0 Å². The molecule has 12 heteroatoms. The molecule has 0 aromatic heterocycles. The molecule has 0 aromatic rings. The molecule has 2 saturated heterocycles. The van der Waals surface area contributed by atoms with Crippen LogP contribution < -0.4 is 0 Å². The predicted octanol–water partition coefficient (Wildman–Crippen LogP) is 1.48. The highest BCUT2D eigenvalue weighted by Gasteiger charge is 2.54. The minimum Gasteiger partial charge on any atom is -0.466 e. The second-order valence-corrected chi connectivity index (χ2v) is 10.4. The number of methoxy groups -OCH3 is 1. The summed E-state index contributed by atoms with van der Waals surface area (Å²) in [5.74, 6) is -6.18. The number of carbonyl (C=O) groups excluding carboxylic acids is 5. The van der Waals surface area contributed by atoms with Crippen LogP contribution in [-0.4, -0.2) is 84.3 Å². The van der Waals surface area contributed by atoms with E-state index in [2.05, 4.69) is 6.58 Å². The van der Waals surface area contributed by atoms with E-state index in [4.69, 9.17) is 28.4 Å². The minimum atomic E-state index is -2.38. The second-order valence-electron chi connectivity index (χ2n) is 10.4. The highest BCUT2D eigenvalue weighted by atomic mass is 16.6. The van der Waals surface area contributed by atoms with Crippen molar-refractivity contribution in [3.8, 4) is 0 Å². The van der Waals surface area contributed by atoms with Crippen LogP contribution >= 0.6 is 0 Å². The van der Waals surface area contributed by atoms with Crippen molar-refractivity contribution >= 4 is 29.8 Å². The van der Waals surface area contributed by atoms with E-state index >= 15 is 0 Å². The number of carbonyl (C=O) groups is 5. The van der Waals surface area contributed by atoms with Crippen molar-refractivity contribution in [1.82, 2.24) is 0 Å². The van der Waals surface area contributed by atoms with Gasteiger partial charge in [-0.2, -0.15) is 0 Å². The monoisotopic (exact) mass is 564 g/mol. The summed E-state index contributed by atoms with van der Waals surface area (Å²) in [6.07, 6.45) is -3.22. The van der Waals surface area contributed by atoms with Crippen LogP contribution in [0.2, 0.25) is 0 Å². The number of fused-ring (bicyclic) bond motifs is 2. The Morgan fingerprint density at radius 3 is 2.38 bits per heavy atom. The molecular weight excluding hydrogens is 528 g/mol. The predicted molar refractivity (Wildman–Crippen MR) is 136 cm³/mol. The molecule has 1 N–H and O–H groups in total. The van der Waals surface area contributed by atoms with Gasteiger partial charge in [-0.15, -0.1) is 0 Å². The molecule has 2 fully saturated rings. The van der Waals surface area contributed by atoms with E-state index in [0.717, 1.165) is 21.0 Å². The molecule has 9 atom stereocenters. The molecule has 0 saturated carbocycles. The molecule has 0 spiro atoms. The van der Waals surface area contributed by atoms with Gasteiger partial charge >= 0.3 is 29.8 Å². The molecule has 0 radical (unpaired) electrons. The van der Waals surface area contributed by atoms with E-state index in [1.165, 1.54) is 13.0 Å². The number of hydrogen-bond donors (Lipinski definition) is 1. The molecule has 0 bridgehead atoms. The number of rotatable bonds is 8. The van der Waals surface area contributed by atoms with Crippen LogP contribution in [-0.2, 0) is 52.4 Å². The van der Waals surface area contributed by atoms with E-state index in [-0.39, 0.29) is 11.1 Å². The smallest absolute Gasteiger partial charge is 0.342 e. The first-order valence-corrected chi connectivity index (χ1v) is 13.0. The van der Waals surface area contributed by atoms with Crippen LogP contribution in [0.5, 0.6) is 0 Å². The Balaban J connectivity index is 2.20. The Hall–Kier alpha value is -3.51. The van der Waals surface area contributed by atoms with Gasteiger partial charge in [0.15, 0.2) is 17.8 Å². The third kappa shape index (κ3) is 6.28. The average molecular weight is 565 g/mol. The van der Waals surface area contributed by atoms with Crippen molar-refractivity contribution in [2.24, 2.45) is 11.8 Å². The number of esters is 5. The molecule has 2 aliphatic heterocycles. The van der Waals surface area contributed by atoms with Crippen molar-refractivity contribution in [2.45, 2.75) is 90.2 Å². The van der Waals surface area contributed by atoms with E-state index in [1.807, 2.05) is 0 Å². The maximum absolute atomic E-state index is 13.5. The lowest BCUT2D eigenvalue weighted by molar-refractivity contribution is -0.197. The normalized spacial score (nSPS) is 31.8. The van der Waals surface area contributed by atoms with E-state index in [9.17, 15) is 29.1 Å². The van der Waals surface area contributed by atoms with Gasteiger partial charge in [-0.05, 0) is 44.9 Å². The molecule has 12 nitrogen and oxygen atoms in total. The van der Waals surface area contributed by atoms with Crippen LogP contribution in [0, 0.1) is 11.8 Å². The Morgan fingerprint density at radius 2 is 1.80 bits per heavy atom. The zero-order chi connectivity index (χ0) is 30.1. The lowest BCUT2D eigenvalue weighted by Crippen LogP contribution is -2.53. The summed E-state index contributed by atoms with van der Waals surface area (Å²) >= 11 is 0. The number of aliphatic hydroxyl groups is 1. The quantitative estimate of drug-likeness (QED) is 0.149. The molecular formula is C28H36O12. The van der Waals surface area contributed by atoms with Crippen molar-refractivity contribution < 1.29 is 57.5 Å². The number of ether oxygens (including phenoxy) is 6. The molecule has 2 unspecified atom stereocenters. The average Bonchev–Trinajstić information content (AvgIpc) is 3.61. The van der Waals surface area contributed by atoms with Gasteiger partial charge in [0.05, 0.1) is 24.5 Å². The van der Waals surface area contributed by atoms with Gasteiger partial charge in [0.25, 0.3) is 0 Å². The molecule has 0 amide bonds. The van der Waals surface area contributed by atoms with Crippen molar-refractivity contribution in [1.29, 1.82) is 0 Å². The van der Waals surface area contributed by atoms with Gasteiger partial charge in [-0.1, -0.05) is 20.4 Å². The summed E-state index contributed by atoms with van der Waals surface area (Å²) in [7, 11) is 1.13. The van der Waals surface area contributed by atoms with Crippen molar-refractivity contribution in [3.05, 3.63) is 35.5 Å². The molecule has 3 rings (SSSR count). The van der Waals surface area contributed by atoms with Crippen molar-refractivity contribution in [2.75, 3.05) is 7.11 Å². The molecule has 2 heterocycles.